The molecule has 0 aliphatic rings. The van der Waals surface area contributed by atoms with Crippen LogP contribution in [-0.2, 0) is 0 Å². The smallest absolute Gasteiger partial charge is 0.187 e. The van der Waals surface area contributed by atoms with Crippen LogP contribution in [0.25, 0.3) is 0 Å². The van der Waals surface area contributed by atoms with Gasteiger partial charge in [0.05, 0.1) is 10.0 Å². The first-order valence-electron chi connectivity index (χ1n) is 4.15. The molecule has 1 aromatic rings. The van der Waals surface area contributed by atoms with E-state index in [2.05, 4.69) is 0 Å². The zero-order valence-corrected chi connectivity index (χ0v) is 9.49. The maximum Gasteiger partial charge on any atom is 0.187 e. The maximum absolute atomic E-state index is 11.6. The molecule has 0 atom stereocenters. The third-order valence-electron chi connectivity index (χ3n) is 1.64. The van der Waals surface area contributed by atoms with Gasteiger partial charge in [0, 0.05) is 5.56 Å². The molecule has 0 saturated carbocycles. The molecule has 1 rings (SSSR count). The summed E-state index contributed by atoms with van der Waals surface area (Å²) in [6.07, 6.45) is 1.54. The Hall–Kier alpha value is -0.790. The highest BCUT2D eigenvalue weighted by Gasteiger charge is 2.09. The Labute approximate surface area is 93.3 Å². The van der Waals surface area contributed by atoms with Crippen molar-refractivity contribution in [3.05, 3.63) is 45.5 Å². The van der Waals surface area contributed by atoms with Gasteiger partial charge in [-0.05, 0) is 32.1 Å². The number of rotatable bonds is 2. The summed E-state index contributed by atoms with van der Waals surface area (Å²) in [7, 11) is 0. The van der Waals surface area contributed by atoms with E-state index in [-0.39, 0.29) is 5.78 Å². The fraction of sp³-hybridized carbons (Fsp3) is 0.182. The zero-order chi connectivity index (χ0) is 10.7. The lowest BCUT2D eigenvalue weighted by Crippen LogP contribution is -1.96. The first-order valence-corrected chi connectivity index (χ1v) is 4.91. The van der Waals surface area contributed by atoms with Crippen molar-refractivity contribution >= 4 is 29.0 Å². The quantitative estimate of drug-likeness (QED) is 0.550. The van der Waals surface area contributed by atoms with Crippen LogP contribution in [0.3, 0.4) is 0 Å². The summed E-state index contributed by atoms with van der Waals surface area (Å²) in [5.41, 5.74) is 1.38. The summed E-state index contributed by atoms with van der Waals surface area (Å²) >= 11 is 11.7. The van der Waals surface area contributed by atoms with Crippen LogP contribution < -0.4 is 0 Å². The fourth-order valence-electron chi connectivity index (χ4n) is 1.03. The van der Waals surface area contributed by atoms with Gasteiger partial charge in [-0.15, -0.1) is 0 Å². The minimum absolute atomic E-state index is 0.113. The summed E-state index contributed by atoms with van der Waals surface area (Å²) in [4.78, 5) is 11.6. The second-order valence-corrected chi connectivity index (χ2v) is 3.97. The predicted octanol–water partition coefficient (Wildman–Crippen LogP) is 4.14. The molecule has 1 nitrogen and oxygen atoms in total. The molecule has 0 heterocycles. The van der Waals surface area contributed by atoms with Gasteiger partial charge in [0.15, 0.2) is 5.78 Å². The van der Waals surface area contributed by atoms with Gasteiger partial charge in [0.25, 0.3) is 0 Å². The van der Waals surface area contributed by atoms with Crippen LogP contribution in [0, 0.1) is 0 Å². The van der Waals surface area contributed by atoms with E-state index in [0.717, 1.165) is 5.57 Å². The average molecular weight is 229 g/mol. The molecule has 0 aromatic heterocycles. The van der Waals surface area contributed by atoms with Crippen LogP contribution in [0.2, 0.25) is 10.0 Å². The summed E-state index contributed by atoms with van der Waals surface area (Å²) in [5, 5.41) is 0.719. The average Bonchev–Trinajstić information content (AvgIpc) is 2.08. The van der Waals surface area contributed by atoms with Crippen molar-refractivity contribution in [3.63, 3.8) is 0 Å². The number of halogens is 2. The molecular weight excluding hydrogens is 219 g/mol. The van der Waals surface area contributed by atoms with Gasteiger partial charge in [-0.2, -0.15) is 0 Å². The molecule has 74 valence electrons. The molecule has 0 aliphatic carbocycles. The summed E-state index contributed by atoms with van der Waals surface area (Å²) in [6.45, 7) is 3.71. The molecule has 0 N–H and O–H groups in total. The van der Waals surface area contributed by atoms with Gasteiger partial charge >= 0.3 is 0 Å². The Morgan fingerprint density at radius 1 is 1.29 bits per heavy atom. The van der Waals surface area contributed by atoms with Gasteiger partial charge in [0.1, 0.15) is 0 Å². The maximum atomic E-state index is 11.6. The van der Waals surface area contributed by atoms with Crippen LogP contribution in [0.5, 0.6) is 0 Å². The lowest BCUT2D eigenvalue weighted by molar-refractivity contribution is 0.104. The fourth-order valence-corrected chi connectivity index (χ4v) is 1.43. The first-order chi connectivity index (χ1) is 6.52. The summed E-state index contributed by atoms with van der Waals surface area (Å²) in [5.74, 6) is -0.113. The number of carbonyl (C=O) groups is 1. The molecule has 0 bridgehead atoms. The van der Waals surface area contributed by atoms with Crippen molar-refractivity contribution in [1.29, 1.82) is 0 Å². The number of hydrogen-bond donors (Lipinski definition) is 0. The van der Waals surface area contributed by atoms with E-state index in [1.807, 2.05) is 13.8 Å². The highest BCUT2D eigenvalue weighted by Crippen LogP contribution is 2.26. The lowest BCUT2D eigenvalue weighted by Gasteiger charge is -2.01. The van der Waals surface area contributed by atoms with Gasteiger partial charge in [-0.3, -0.25) is 4.79 Å². The minimum atomic E-state index is -0.113. The van der Waals surface area contributed by atoms with E-state index in [1.165, 1.54) is 6.08 Å². The van der Waals surface area contributed by atoms with E-state index in [0.29, 0.717) is 15.6 Å². The second-order valence-electron chi connectivity index (χ2n) is 3.19. The Morgan fingerprint density at radius 2 is 1.93 bits per heavy atom. The van der Waals surface area contributed by atoms with Crippen LogP contribution in [-0.4, -0.2) is 5.78 Å². The standard InChI is InChI=1S/C11H10Cl2O/c1-7(2)6-10(14)8-4-3-5-9(12)11(8)13/h3-6H,1-2H3. The van der Waals surface area contributed by atoms with Crippen molar-refractivity contribution in [2.45, 2.75) is 13.8 Å². The Kier molecular flexibility index (Phi) is 3.73. The number of allylic oxidation sites excluding steroid dienone is 2. The molecule has 0 unspecified atom stereocenters. The Morgan fingerprint density at radius 3 is 2.50 bits per heavy atom. The Bertz CT molecular complexity index is 390. The van der Waals surface area contributed by atoms with Crippen LogP contribution >= 0.6 is 23.2 Å². The third kappa shape index (κ3) is 2.60. The minimum Gasteiger partial charge on any atom is -0.289 e. The lowest BCUT2D eigenvalue weighted by atomic mass is 10.1. The molecule has 0 radical (unpaired) electrons. The SMILES string of the molecule is CC(C)=CC(=O)c1cccc(Cl)c1Cl. The van der Waals surface area contributed by atoms with Gasteiger partial charge in [0.2, 0.25) is 0 Å². The summed E-state index contributed by atoms with van der Waals surface area (Å²) in [6, 6.07) is 5.03. The van der Waals surface area contributed by atoms with E-state index in [9.17, 15) is 4.79 Å². The van der Waals surface area contributed by atoms with E-state index < -0.39 is 0 Å². The molecular formula is C11H10Cl2O. The molecule has 0 spiro atoms. The monoisotopic (exact) mass is 228 g/mol. The Balaban J connectivity index is 3.14. The van der Waals surface area contributed by atoms with Crippen LogP contribution in [0.4, 0.5) is 0 Å². The number of hydrogen-bond acceptors (Lipinski definition) is 1. The largest absolute Gasteiger partial charge is 0.289 e. The van der Waals surface area contributed by atoms with Crippen molar-refractivity contribution in [2.75, 3.05) is 0 Å². The molecule has 14 heavy (non-hydrogen) atoms. The van der Waals surface area contributed by atoms with E-state index in [1.54, 1.807) is 18.2 Å². The molecule has 0 amide bonds. The van der Waals surface area contributed by atoms with Crippen molar-refractivity contribution in [3.8, 4) is 0 Å². The van der Waals surface area contributed by atoms with Crippen molar-refractivity contribution < 1.29 is 4.79 Å². The first kappa shape index (κ1) is 11.3. The van der Waals surface area contributed by atoms with Crippen molar-refractivity contribution in [2.24, 2.45) is 0 Å². The third-order valence-corrected chi connectivity index (χ3v) is 2.46. The molecule has 1 aromatic carbocycles. The summed E-state index contributed by atoms with van der Waals surface area (Å²) < 4.78 is 0. The number of ketones is 1. The van der Waals surface area contributed by atoms with E-state index in [4.69, 9.17) is 23.2 Å². The second kappa shape index (κ2) is 4.63. The van der Waals surface area contributed by atoms with Crippen LogP contribution in [0.1, 0.15) is 24.2 Å². The van der Waals surface area contributed by atoms with Gasteiger partial charge < -0.3 is 0 Å². The van der Waals surface area contributed by atoms with Crippen LogP contribution in [0.15, 0.2) is 29.8 Å². The van der Waals surface area contributed by atoms with Gasteiger partial charge in [-0.25, -0.2) is 0 Å². The van der Waals surface area contributed by atoms with Gasteiger partial charge in [-0.1, -0.05) is 34.8 Å². The molecule has 0 saturated heterocycles. The molecule has 0 fully saturated rings. The van der Waals surface area contributed by atoms with E-state index >= 15 is 0 Å². The number of benzene rings is 1. The highest BCUT2D eigenvalue weighted by molar-refractivity contribution is 6.44. The topological polar surface area (TPSA) is 17.1 Å². The molecule has 0 aliphatic heterocycles. The van der Waals surface area contributed by atoms with Crippen molar-refractivity contribution in [1.82, 2.24) is 0 Å². The zero-order valence-electron chi connectivity index (χ0n) is 7.97. The number of carbonyl (C=O) groups excluding carboxylic acids is 1. The normalized spacial score (nSPS) is 9.71. The highest BCUT2D eigenvalue weighted by atomic mass is 35.5. The molecule has 3 heteroatoms. The predicted molar refractivity (Wildman–Crippen MR) is 60.2 cm³/mol.